The van der Waals surface area contributed by atoms with Crippen molar-refractivity contribution in [3.63, 3.8) is 0 Å². The molecule has 9 heteroatoms. The first-order valence-electron chi connectivity index (χ1n) is 7.41. The Morgan fingerprint density at radius 2 is 2.22 bits per heavy atom. The van der Waals surface area contributed by atoms with E-state index in [0.717, 1.165) is 18.5 Å². The minimum absolute atomic E-state index is 0.0291. The molecule has 0 bridgehead atoms. The molecular weight excluding hydrogens is 318 g/mol. The van der Waals surface area contributed by atoms with Gasteiger partial charge in [0.25, 0.3) is 5.91 Å². The molecule has 0 aromatic carbocycles. The van der Waals surface area contributed by atoms with Crippen molar-refractivity contribution in [3.8, 4) is 0 Å². The molecule has 1 N–H and O–H groups in total. The van der Waals surface area contributed by atoms with E-state index in [9.17, 15) is 13.2 Å². The molecule has 3 rings (SSSR count). The maximum absolute atomic E-state index is 11.9. The lowest BCUT2D eigenvalue weighted by Gasteiger charge is -2.31. The summed E-state index contributed by atoms with van der Waals surface area (Å²) in [4.78, 5) is 16.1. The van der Waals surface area contributed by atoms with E-state index in [1.54, 1.807) is 17.8 Å². The minimum atomic E-state index is -3.21. The number of piperidine rings is 1. The molecule has 0 radical (unpaired) electrons. The number of hydrogen-bond donors (Lipinski definition) is 1. The summed E-state index contributed by atoms with van der Waals surface area (Å²) < 4.78 is 26.7. The predicted octanol–water partition coefficient (Wildman–Crippen LogP) is 0.228. The second-order valence-electron chi connectivity index (χ2n) is 5.70. The van der Waals surface area contributed by atoms with Gasteiger partial charge < -0.3 is 5.32 Å². The first-order valence-corrected chi connectivity index (χ1v) is 9.26. The normalized spacial score (nSPS) is 19.8. The third kappa shape index (κ3) is 2.93. The topological polar surface area (TPSA) is 96.7 Å². The van der Waals surface area contributed by atoms with E-state index in [-0.39, 0.29) is 11.8 Å². The van der Waals surface area contributed by atoms with Crippen molar-refractivity contribution in [3.05, 3.63) is 29.7 Å². The lowest BCUT2D eigenvalue weighted by molar-refractivity contribution is 0.0964. The second-order valence-corrected chi connectivity index (χ2v) is 7.69. The first-order chi connectivity index (χ1) is 10.9. The number of carbonyl (C=O) groups excluding carboxylic acids is 1. The summed E-state index contributed by atoms with van der Waals surface area (Å²) in [5.41, 5.74) is 1.77. The Kier molecular flexibility index (Phi) is 4.07. The number of amides is 1. The molecule has 1 aliphatic heterocycles. The van der Waals surface area contributed by atoms with Crippen molar-refractivity contribution < 1.29 is 13.2 Å². The van der Waals surface area contributed by atoms with Gasteiger partial charge >= 0.3 is 0 Å². The Hall–Kier alpha value is -2.00. The number of fused-ring (bicyclic) bond motifs is 1. The number of carbonyl (C=O) groups is 1. The third-order valence-corrected chi connectivity index (χ3v) is 5.44. The Labute approximate surface area is 134 Å². The molecule has 23 heavy (non-hydrogen) atoms. The van der Waals surface area contributed by atoms with Gasteiger partial charge in [-0.3, -0.25) is 4.79 Å². The molecule has 1 fully saturated rings. The highest BCUT2D eigenvalue weighted by Crippen LogP contribution is 2.28. The van der Waals surface area contributed by atoms with Crippen LogP contribution in [0.15, 0.2) is 18.5 Å². The Morgan fingerprint density at radius 3 is 2.91 bits per heavy atom. The van der Waals surface area contributed by atoms with Gasteiger partial charge in [0.1, 0.15) is 5.56 Å². The van der Waals surface area contributed by atoms with E-state index in [4.69, 9.17) is 0 Å². The molecule has 8 nitrogen and oxygen atoms in total. The highest BCUT2D eigenvalue weighted by atomic mass is 32.2. The maximum Gasteiger partial charge on any atom is 0.256 e. The number of aromatic nitrogens is 3. The van der Waals surface area contributed by atoms with Crippen molar-refractivity contribution in [2.45, 2.75) is 18.8 Å². The van der Waals surface area contributed by atoms with Gasteiger partial charge in [0, 0.05) is 32.3 Å². The van der Waals surface area contributed by atoms with E-state index in [2.05, 4.69) is 15.4 Å². The van der Waals surface area contributed by atoms with Crippen LogP contribution in [0.25, 0.3) is 5.65 Å². The quantitative estimate of drug-likeness (QED) is 0.865. The fraction of sp³-hybridized carbons (Fsp3) is 0.500. The predicted molar refractivity (Wildman–Crippen MR) is 84.8 cm³/mol. The zero-order chi connectivity index (χ0) is 16.6. The Balaban J connectivity index is 2.00. The van der Waals surface area contributed by atoms with Crippen molar-refractivity contribution >= 4 is 21.6 Å². The van der Waals surface area contributed by atoms with E-state index in [0.29, 0.717) is 24.3 Å². The summed E-state index contributed by atoms with van der Waals surface area (Å²) in [5, 5.41) is 6.84. The molecule has 0 aliphatic carbocycles. The van der Waals surface area contributed by atoms with E-state index in [1.807, 2.05) is 6.07 Å². The lowest BCUT2D eigenvalue weighted by Crippen LogP contribution is -2.38. The molecule has 1 saturated heterocycles. The molecule has 0 saturated carbocycles. The number of nitrogens with zero attached hydrogens (tertiary/aromatic N) is 4. The van der Waals surface area contributed by atoms with Crippen LogP contribution in [0.1, 0.15) is 34.8 Å². The monoisotopic (exact) mass is 337 g/mol. The first kappa shape index (κ1) is 15.9. The zero-order valence-corrected chi connectivity index (χ0v) is 13.9. The van der Waals surface area contributed by atoms with Crippen LogP contribution in [0.5, 0.6) is 0 Å². The molecule has 0 spiro atoms. The van der Waals surface area contributed by atoms with Crippen molar-refractivity contribution in [2.24, 2.45) is 0 Å². The van der Waals surface area contributed by atoms with Gasteiger partial charge in [0.15, 0.2) is 5.65 Å². The average Bonchev–Trinajstić information content (AvgIpc) is 2.97. The van der Waals surface area contributed by atoms with Crippen LogP contribution in [0.2, 0.25) is 0 Å². The summed E-state index contributed by atoms with van der Waals surface area (Å²) in [6.07, 6.45) is 6.03. The van der Waals surface area contributed by atoms with Crippen molar-refractivity contribution in [1.82, 2.24) is 24.2 Å². The van der Waals surface area contributed by atoms with Gasteiger partial charge in [-0.05, 0) is 18.9 Å². The van der Waals surface area contributed by atoms with E-state index >= 15 is 0 Å². The molecule has 1 atom stereocenters. The van der Waals surface area contributed by atoms with E-state index in [1.165, 1.54) is 16.8 Å². The summed E-state index contributed by atoms with van der Waals surface area (Å²) in [6.45, 7) is 0.971. The van der Waals surface area contributed by atoms with Crippen LogP contribution in [0.3, 0.4) is 0 Å². The summed E-state index contributed by atoms with van der Waals surface area (Å²) >= 11 is 0. The molecule has 124 valence electrons. The maximum atomic E-state index is 11.9. The molecule has 1 aliphatic rings. The number of nitrogens with one attached hydrogen (secondary N) is 1. The zero-order valence-electron chi connectivity index (χ0n) is 13.1. The molecule has 2 aromatic heterocycles. The lowest BCUT2D eigenvalue weighted by atomic mass is 9.96. The number of hydrogen-bond acceptors (Lipinski definition) is 5. The van der Waals surface area contributed by atoms with Gasteiger partial charge in [-0.2, -0.15) is 5.10 Å². The Morgan fingerprint density at radius 1 is 1.43 bits per heavy atom. The fourth-order valence-electron chi connectivity index (χ4n) is 3.00. The molecule has 1 amide bonds. The van der Waals surface area contributed by atoms with Crippen LogP contribution in [-0.4, -0.2) is 59.6 Å². The molecule has 3 heterocycles. The van der Waals surface area contributed by atoms with Gasteiger partial charge in [-0.15, -0.1) is 0 Å². The largest absolute Gasteiger partial charge is 0.355 e. The van der Waals surface area contributed by atoms with Gasteiger partial charge in [0.2, 0.25) is 10.0 Å². The SMILES string of the molecule is CNC(=O)c1cnn2c([C@@H]3CCCN(S(C)(=O)=O)C3)ccnc12. The van der Waals surface area contributed by atoms with Crippen molar-refractivity contribution in [1.29, 1.82) is 0 Å². The van der Waals surface area contributed by atoms with Crippen LogP contribution in [0, 0.1) is 0 Å². The smallest absolute Gasteiger partial charge is 0.256 e. The van der Waals surface area contributed by atoms with Gasteiger partial charge in [-0.1, -0.05) is 0 Å². The number of sulfonamides is 1. The fourth-order valence-corrected chi connectivity index (χ4v) is 3.91. The molecule has 2 aromatic rings. The molecular formula is C14H19N5O3S. The third-order valence-electron chi connectivity index (χ3n) is 4.17. The highest BCUT2D eigenvalue weighted by molar-refractivity contribution is 7.88. The number of rotatable bonds is 3. The van der Waals surface area contributed by atoms with Crippen LogP contribution in [0.4, 0.5) is 0 Å². The van der Waals surface area contributed by atoms with Crippen LogP contribution in [-0.2, 0) is 10.0 Å². The standard InChI is InChI=1S/C14H19N5O3S/c1-15-14(20)11-8-17-19-12(5-6-16-13(11)19)10-4-3-7-18(9-10)23(2,21)22/h5-6,8,10H,3-4,7,9H2,1-2H3,(H,15,20)/t10-/m1/s1. The van der Waals surface area contributed by atoms with Gasteiger partial charge in [0.05, 0.1) is 18.1 Å². The summed E-state index contributed by atoms with van der Waals surface area (Å²) in [6, 6.07) is 1.84. The summed E-state index contributed by atoms with van der Waals surface area (Å²) in [5.74, 6) is -0.215. The Bertz CT molecular complexity index is 845. The van der Waals surface area contributed by atoms with Crippen molar-refractivity contribution in [2.75, 3.05) is 26.4 Å². The second kappa shape index (κ2) is 5.89. The average molecular weight is 337 g/mol. The van der Waals surface area contributed by atoms with Crippen LogP contribution >= 0.6 is 0 Å². The highest BCUT2D eigenvalue weighted by Gasteiger charge is 2.29. The van der Waals surface area contributed by atoms with Crippen LogP contribution < -0.4 is 5.32 Å². The van der Waals surface area contributed by atoms with E-state index < -0.39 is 10.0 Å². The summed E-state index contributed by atoms with van der Waals surface area (Å²) in [7, 11) is -1.65. The molecule has 0 unspecified atom stereocenters. The minimum Gasteiger partial charge on any atom is -0.355 e. The van der Waals surface area contributed by atoms with Gasteiger partial charge in [-0.25, -0.2) is 22.2 Å².